The van der Waals surface area contributed by atoms with Gasteiger partial charge in [-0.05, 0) is 24.6 Å². The zero-order valence-corrected chi connectivity index (χ0v) is 9.12. The second-order valence-corrected chi connectivity index (χ2v) is 3.85. The Morgan fingerprint density at radius 2 is 2.47 bits per heavy atom. The van der Waals surface area contributed by atoms with Gasteiger partial charge in [0.2, 0.25) is 5.95 Å². The Morgan fingerprint density at radius 1 is 1.67 bits per heavy atom. The Hall–Kier alpha value is -1.55. The van der Waals surface area contributed by atoms with Crippen molar-refractivity contribution in [1.82, 2.24) is 14.6 Å². The minimum absolute atomic E-state index is 0.470. The number of fused-ring (bicyclic) bond motifs is 1. The number of hydrogen-bond acceptors (Lipinski definition) is 3. The molecule has 0 spiro atoms. The normalized spacial score (nSPS) is 10.5. The zero-order chi connectivity index (χ0) is 10.8. The molecule has 78 valence electrons. The van der Waals surface area contributed by atoms with Crippen molar-refractivity contribution in [3.05, 3.63) is 35.5 Å². The maximum Gasteiger partial charge on any atom is 0.243 e. The lowest BCUT2D eigenvalue weighted by molar-refractivity contribution is 0.955. The van der Waals surface area contributed by atoms with Gasteiger partial charge in [0.15, 0.2) is 5.65 Å². The summed E-state index contributed by atoms with van der Waals surface area (Å²) in [5, 5.41) is 7.73. The highest BCUT2D eigenvalue weighted by Crippen LogP contribution is 2.08. The smallest absolute Gasteiger partial charge is 0.243 e. The van der Waals surface area contributed by atoms with Gasteiger partial charge in [0.1, 0.15) is 0 Å². The van der Waals surface area contributed by atoms with Crippen LogP contribution in [-0.4, -0.2) is 21.1 Å². The van der Waals surface area contributed by atoms with E-state index in [0.717, 1.165) is 11.2 Å². The SMILES string of the molecule is C=C(Cl)CNc1nc2cc(C)ccn2n1. The van der Waals surface area contributed by atoms with Gasteiger partial charge >= 0.3 is 0 Å². The number of halogens is 1. The molecular weight excluding hydrogens is 212 g/mol. The zero-order valence-electron chi connectivity index (χ0n) is 8.37. The molecule has 0 radical (unpaired) electrons. The third-order valence-electron chi connectivity index (χ3n) is 1.93. The molecule has 0 bridgehead atoms. The van der Waals surface area contributed by atoms with E-state index in [-0.39, 0.29) is 0 Å². The van der Waals surface area contributed by atoms with Gasteiger partial charge in [-0.2, -0.15) is 4.98 Å². The van der Waals surface area contributed by atoms with E-state index >= 15 is 0 Å². The summed E-state index contributed by atoms with van der Waals surface area (Å²) in [4.78, 5) is 4.29. The van der Waals surface area contributed by atoms with Gasteiger partial charge in [-0.3, -0.25) is 0 Å². The van der Waals surface area contributed by atoms with Crippen LogP contribution >= 0.6 is 11.6 Å². The molecule has 0 atom stereocenters. The molecule has 1 N–H and O–H groups in total. The molecule has 0 amide bonds. The highest BCUT2D eigenvalue weighted by Gasteiger charge is 2.02. The molecule has 2 aromatic heterocycles. The van der Waals surface area contributed by atoms with Crippen molar-refractivity contribution in [2.45, 2.75) is 6.92 Å². The molecule has 0 aliphatic rings. The fraction of sp³-hybridized carbons (Fsp3) is 0.200. The second kappa shape index (κ2) is 3.90. The molecule has 0 unspecified atom stereocenters. The molecule has 0 fully saturated rings. The maximum absolute atomic E-state index is 5.63. The summed E-state index contributed by atoms with van der Waals surface area (Å²) in [5.41, 5.74) is 1.97. The molecule has 5 heteroatoms. The summed E-state index contributed by atoms with van der Waals surface area (Å²) < 4.78 is 1.71. The Bertz CT molecular complexity index is 503. The minimum atomic E-state index is 0.470. The molecule has 2 rings (SSSR count). The Labute approximate surface area is 92.6 Å². The lowest BCUT2D eigenvalue weighted by Crippen LogP contribution is -2.02. The number of nitrogens with zero attached hydrogens (tertiary/aromatic N) is 3. The summed E-state index contributed by atoms with van der Waals surface area (Å²) in [6, 6.07) is 3.94. The van der Waals surface area contributed by atoms with Gasteiger partial charge in [-0.1, -0.05) is 18.2 Å². The monoisotopic (exact) mass is 222 g/mol. The van der Waals surface area contributed by atoms with Crippen LogP contribution in [0.3, 0.4) is 0 Å². The van der Waals surface area contributed by atoms with Crippen molar-refractivity contribution in [2.75, 3.05) is 11.9 Å². The van der Waals surface area contributed by atoms with Crippen LogP contribution in [0.25, 0.3) is 5.65 Å². The van der Waals surface area contributed by atoms with Crippen LogP contribution in [0.4, 0.5) is 5.95 Å². The number of anilines is 1. The molecule has 0 aliphatic heterocycles. The van der Waals surface area contributed by atoms with Crippen LogP contribution in [0.5, 0.6) is 0 Å². The summed E-state index contributed by atoms with van der Waals surface area (Å²) in [6.45, 7) is 6.06. The first-order valence-electron chi connectivity index (χ1n) is 4.55. The molecular formula is C10H11ClN4. The van der Waals surface area contributed by atoms with Crippen molar-refractivity contribution in [2.24, 2.45) is 0 Å². The fourth-order valence-electron chi connectivity index (χ4n) is 1.23. The van der Waals surface area contributed by atoms with Gasteiger partial charge in [0.05, 0.1) is 6.54 Å². The van der Waals surface area contributed by atoms with Crippen LogP contribution in [0.2, 0.25) is 0 Å². The van der Waals surface area contributed by atoms with E-state index in [4.69, 9.17) is 11.6 Å². The number of rotatable bonds is 3. The van der Waals surface area contributed by atoms with E-state index in [1.54, 1.807) is 4.52 Å². The first kappa shape index (κ1) is 9.98. The van der Waals surface area contributed by atoms with Gasteiger partial charge in [-0.15, -0.1) is 5.10 Å². The van der Waals surface area contributed by atoms with E-state index in [0.29, 0.717) is 17.5 Å². The molecule has 0 saturated heterocycles. The van der Waals surface area contributed by atoms with Crippen LogP contribution in [0, 0.1) is 6.92 Å². The summed E-state index contributed by atoms with van der Waals surface area (Å²) in [6.07, 6.45) is 1.87. The Balaban J connectivity index is 2.27. The lowest BCUT2D eigenvalue weighted by Gasteiger charge is -1.96. The average Bonchev–Trinajstić information content (AvgIpc) is 2.56. The first-order chi connectivity index (χ1) is 7.15. The van der Waals surface area contributed by atoms with Gasteiger partial charge in [0, 0.05) is 11.2 Å². The largest absolute Gasteiger partial charge is 0.348 e. The summed E-state index contributed by atoms with van der Waals surface area (Å²) in [7, 11) is 0. The lowest BCUT2D eigenvalue weighted by atomic mass is 10.3. The van der Waals surface area contributed by atoms with Crippen LogP contribution in [0.1, 0.15) is 5.56 Å². The number of hydrogen-bond donors (Lipinski definition) is 1. The van der Waals surface area contributed by atoms with Crippen LogP contribution in [0.15, 0.2) is 29.9 Å². The molecule has 4 nitrogen and oxygen atoms in total. The third kappa shape index (κ3) is 2.27. The van der Waals surface area contributed by atoms with Crippen molar-refractivity contribution in [1.29, 1.82) is 0 Å². The Morgan fingerprint density at radius 3 is 3.20 bits per heavy atom. The van der Waals surface area contributed by atoms with Crippen molar-refractivity contribution < 1.29 is 0 Å². The van der Waals surface area contributed by atoms with E-state index in [1.165, 1.54) is 0 Å². The summed E-state index contributed by atoms with van der Waals surface area (Å²) in [5.74, 6) is 0.558. The highest BCUT2D eigenvalue weighted by atomic mass is 35.5. The number of nitrogens with one attached hydrogen (secondary N) is 1. The molecule has 0 aromatic carbocycles. The van der Waals surface area contributed by atoms with Gasteiger partial charge in [-0.25, -0.2) is 4.52 Å². The predicted octanol–water partition coefficient (Wildman–Crippen LogP) is 2.20. The molecule has 0 aliphatic carbocycles. The molecule has 0 saturated carbocycles. The third-order valence-corrected chi connectivity index (χ3v) is 2.06. The van der Waals surface area contributed by atoms with E-state index in [9.17, 15) is 0 Å². The first-order valence-corrected chi connectivity index (χ1v) is 4.93. The number of aryl methyl sites for hydroxylation is 1. The molecule has 2 aromatic rings. The van der Waals surface area contributed by atoms with E-state index < -0.39 is 0 Å². The summed E-state index contributed by atoms with van der Waals surface area (Å²) >= 11 is 5.63. The Kier molecular flexibility index (Phi) is 2.60. The van der Waals surface area contributed by atoms with E-state index in [1.807, 2.05) is 25.3 Å². The average molecular weight is 223 g/mol. The van der Waals surface area contributed by atoms with Crippen LogP contribution in [-0.2, 0) is 0 Å². The molecule has 2 heterocycles. The van der Waals surface area contributed by atoms with Crippen LogP contribution < -0.4 is 5.32 Å². The predicted molar refractivity (Wildman–Crippen MR) is 61.2 cm³/mol. The topological polar surface area (TPSA) is 42.2 Å². The van der Waals surface area contributed by atoms with E-state index in [2.05, 4.69) is 22.0 Å². The quantitative estimate of drug-likeness (QED) is 0.866. The standard InChI is InChI=1S/C10H11ClN4/c1-7-3-4-15-9(5-7)13-10(14-15)12-6-8(2)11/h3-5H,2,6H2,1H3,(H,12,14). The number of pyridine rings is 1. The highest BCUT2D eigenvalue weighted by molar-refractivity contribution is 6.29. The number of aromatic nitrogens is 3. The van der Waals surface area contributed by atoms with Crippen molar-refractivity contribution >= 4 is 23.2 Å². The second-order valence-electron chi connectivity index (χ2n) is 3.31. The molecule has 15 heavy (non-hydrogen) atoms. The van der Waals surface area contributed by atoms with Gasteiger partial charge < -0.3 is 5.32 Å². The van der Waals surface area contributed by atoms with Gasteiger partial charge in [0.25, 0.3) is 0 Å². The fourth-order valence-corrected chi connectivity index (χ4v) is 1.30. The minimum Gasteiger partial charge on any atom is -0.348 e. The van der Waals surface area contributed by atoms with Crippen molar-refractivity contribution in [3.63, 3.8) is 0 Å². The maximum atomic E-state index is 5.63. The van der Waals surface area contributed by atoms with Crippen molar-refractivity contribution in [3.8, 4) is 0 Å².